The van der Waals surface area contributed by atoms with Gasteiger partial charge >= 0.3 is 167 Å². The van der Waals surface area contributed by atoms with Crippen LogP contribution < -0.4 is 13.1 Å². The van der Waals surface area contributed by atoms with Gasteiger partial charge in [0.2, 0.25) is 0 Å². The summed E-state index contributed by atoms with van der Waals surface area (Å²) in [5.41, 5.74) is 2.27. The molecule has 0 aliphatic heterocycles. The molecule has 1 unspecified atom stereocenters. The molecule has 0 aliphatic rings. The first kappa shape index (κ1) is 17.9. The molecule has 4 aromatic rings. The van der Waals surface area contributed by atoms with E-state index in [0.717, 1.165) is 24.2 Å². The third-order valence-electron chi connectivity index (χ3n) is 4.65. The van der Waals surface area contributed by atoms with Crippen molar-refractivity contribution < 1.29 is 3.74 Å². The second kappa shape index (κ2) is 7.64. The van der Waals surface area contributed by atoms with Gasteiger partial charge in [0, 0.05) is 0 Å². The molecule has 0 bridgehead atoms. The van der Waals surface area contributed by atoms with E-state index in [4.69, 9.17) is 11.6 Å². The van der Waals surface area contributed by atoms with Crippen molar-refractivity contribution in [1.29, 1.82) is 0 Å². The molecule has 0 aliphatic carbocycles. The molecule has 1 nitrogen and oxygen atoms in total. The van der Waals surface area contributed by atoms with Crippen LogP contribution in [-0.4, -0.2) is 13.5 Å². The summed E-state index contributed by atoms with van der Waals surface area (Å²) in [4.78, 5) is 0. The molecule has 0 saturated carbocycles. The van der Waals surface area contributed by atoms with Gasteiger partial charge in [-0.05, 0) is 0 Å². The second-order valence-electron chi connectivity index (χ2n) is 6.33. The minimum absolute atomic E-state index is 0.647. The molecule has 132 valence electrons. The van der Waals surface area contributed by atoms with Crippen molar-refractivity contribution >= 4 is 38.1 Å². The predicted molar refractivity (Wildman–Crippen MR) is 115 cm³/mol. The Bertz CT molecular complexity index is 1070. The summed E-state index contributed by atoms with van der Waals surface area (Å²) in [6.45, 7) is 0. The van der Waals surface area contributed by atoms with Crippen molar-refractivity contribution in [2.24, 2.45) is 0 Å². The molecule has 0 aromatic heterocycles. The number of halogens is 1. The third-order valence-corrected chi connectivity index (χ3v) is 11.4. The molecule has 3 heteroatoms. The van der Waals surface area contributed by atoms with Gasteiger partial charge < -0.3 is 0 Å². The van der Waals surface area contributed by atoms with Gasteiger partial charge in [0.05, 0.1) is 0 Å². The third kappa shape index (κ3) is 3.54. The van der Waals surface area contributed by atoms with Crippen molar-refractivity contribution in [3.05, 3.63) is 114 Å². The zero-order valence-corrected chi connectivity index (χ0v) is 17.3. The first-order valence-electron chi connectivity index (χ1n) is 8.76. The molecule has 4 aromatic carbocycles. The molecule has 0 heterocycles. The summed E-state index contributed by atoms with van der Waals surface area (Å²) in [7, 11) is 0. The number of hydrogen-bond acceptors (Lipinski definition) is 1. The Balaban J connectivity index is 1.84. The van der Waals surface area contributed by atoms with Crippen molar-refractivity contribution in [2.45, 2.75) is 0 Å². The molecule has 0 fully saturated rings. The van der Waals surface area contributed by atoms with Crippen LogP contribution >= 0.6 is 11.6 Å². The summed E-state index contributed by atoms with van der Waals surface area (Å²) in [6, 6.07) is 35.5. The fraction of sp³-hybridized carbons (Fsp3) is 0. The van der Waals surface area contributed by atoms with E-state index in [9.17, 15) is 3.74 Å². The topological polar surface area (TPSA) is 17.1 Å². The van der Waals surface area contributed by atoms with Crippen LogP contribution in [0.1, 0.15) is 0 Å². The summed E-state index contributed by atoms with van der Waals surface area (Å²) in [5.74, 6) is 0. The van der Waals surface area contributed by atoms with Gasteiger partial charge in [-0.3, -0.25) is 0 Å². The van der Waals surface area contributed by atoms with E-state index in [-0.39, 0.29) is 0 Å². The Morgan fingerprint density at radius 3 is 1.44 bits per heavy atom. The van der Waals surface area contributed by atoms with E-state index in [1.165, 1.54) is 0 Å². The molecule has 0 radical (unpaired) electrons. The van der Waals surface area contributed by atoms with Gasteiger partial charge in [0.15, 0.2) is 0 Å². The van der Waals surface area contributed by atoms with Crippen LogP contribution in [-0.2, 0) is 3.74 Å². The van der Waals surface area contributed by atoms with Crippen LogP contribution in [0.4, 0.5) is 0 Å². The van der Waals surface area contributed by atoms with Gasteiger partial charge in [0.1, 0.15) is 0 Å². The average molecular weight is 433 g/mol. The molecule has 0 N–H and O–H groups in total. The summed E-state index contributed by atoms with van der Waals surface area (Å²) >= 11 is 2.29. The standard InChI is InChI=1S/C24H18AsClO/c26-24-17-15-23(16-18-24)25(27,21-9-5-2-6-10-21)22-13-11-20(12-14-22)19-7-3-1-4-8-19/h1-18H. The van der Waals surface area contributed by atoms with Crippen LogP contribution in [0.15, 0.2) is 109 Å². The maximum atomic E-state index is 14.4. The van der Waals surface area contributed by atoms with Crippen molar-refractivity contribution in [3.8, 4) is 11.1 Å². The first-order valence-corrected chi connectivity index (χ1v) is 12.7. The first-order chi connectivity index (χ1) is 13.2. The SMILES string of the molecule is O=[As](c1ccccc1)(c1ccc(Cl)cc1)c1ccc(-c2ccccc2)cc1. The minimum atomic E-state index is -3.77. The monoisotopic (exact) mass is 432 g/mol. The zero-order valence-electron chi connectivity index (χ0n) is 14.6. The van der Waals surface area contributed by atoms with Gasteiger partial charge in [-0.1, -0.05) is 0 Å². The van der Waals surface area contributed by atoms with E-state index < -0.39 is 13.5 Å². The molecule has 0 saturated heterocycles. The molecular weight excluding hydrogens is 415 g/mol. The van der Waals surface area contributed by atoms with Crippen LogP contribution in [0.25, 0.3) is 11.1 Å². The fourth-order valence-electron chi connectivity index (χ4n) is 3.23. The summed E-state index contributed by atoms with van der Waals surface area (Å²) < 4.78 is 17.0. The normalized spacial score (nSPS) is 13.1. The van der Waals surface area contributed by atoms with Gasteiger partial charge in [-0.2, -0.15) is 0 Å². The maximum absolute atomic E-state index is 14.4. The van der Waals surface area contributed by atoms with Crippen LogP contribution in [0.3, 0.4) is 0 Å². The van der Waals surface area contributed by atoms with Crippen LogP contribution in [0, 0.1) is 0 Å². The number of hydrogen-bond donors (Lipinski definition) is 0. The molecule has 27 heavy (non-hydrogen) atoms. The average Bonchev–Trinajstić information content (AvgIpc) is 2.75. The summed E-state index contributed by atoms with van der Waals surface area (Å²) in [5, 5.41) is 0.647. The molecule has 0 spiro atoms. The van der Waals surface area contributed by atoms with E-state index >= 15 is 0 Å². The van der Waals surface area contributed by atoms with E-state index in [2.05, 4.69) is 24.3 Å². The summed E-state index contributed by atoms with van der Waals surface area (Å²) in [6.07, 6.45) is 0. The van der Waals surface area contributed by atoms with Crippen molar-refractivity contribution in [3.63, 3.8) is 0 Å². The van der Waals surface area contributed by atoms with Gasteiger partial charge in [-0.25, -0.2) is 0 Å². The molecule has 0 amide bonds. The fourth-order valence-corrected chi connectivity index (χ4v) is 8.86. The van der Waals surface area contributed by atoms with Crippen LogP contribution in [0.5, 0.6) is 0 Å². The number of rotatable bonds is 4. The van der Waals surface area contributed by atoms with E-state index in [1.54, 1.807) is 0 Å². The zero-order chi connectivity index (χ0) is 18.7. The quantitative estimate of drug-likeness (QED) is 0.437. The van der Waals surface area contributed by atoms with E-state index in [0.29, 0.717) is 5.02 Å². The predicted octanol–water partition coefficient (Wildman–Crippen LogP) is 4.40. The van der Waals surface area contributed by atoms with Crippen molar-refractivity contribution in [2.75, 3.05) is 0 Å². The Labute approximate surface area is 166 Å². The second-order valence-corrected chi connectivity index (χ2v) is 12.6. The Morgan fingerprint density at radius 2 is 0.889 bits per heavy atom. The number of benzene rings is 4. The Morgan fingerprint density at radius 1 is 0.481 bits per heavy atom. The molecule has 1 atom stereocenters. The van der Waals surface area contributed by atoms with E-state index in [1.807, 2.05) is 84.9 Å². The Kier molecular flexibility index (Phi) is 5.07. The van der Waals surface area contributed by atoms with Crippen molar-refractivity contribution in [1.82, 2.24) is 0 Å². The van der Waals surface area contributed by atoms with Gasteiger partial charge in [-0.15, -0.1) is 0 Å². The van der Waals surface area contributed by atoms with Crippen LogP contribution in [0.2, 0.25) is 5.02 Å². The molecular formula is C24H18AsClO. The van der Waals surface area contributed by atoms with Gasteiger partial charge in [0.25, 0.3) is 0 Å². The Hall–Kier alpha value is -2.47. The molecule has 4 rings (SSSR count).